The van der Waals surface area contributed by atoms with Crippen molar-refractivity contribution in [1.82, 2.24) is 4.90 Å². The lowest BCUT2D eigenvalue weighted by Gasteiger charge is -2.40. The van der Waals surface area contributed by atoms with Gasteiger partial charge in [-0.2, -0.15) is 0 Å². The normalized spacial score (nSPS) is 27.5. The molecule has 2 rings (SSSR count). The molecule has 106 valence electrons. The van der Waals surface area contributed by atoms with E-state index in [1.54, 1.807) is 7.11 Å². The first-order valence-electron chi connectivity index (χ1n) is 6.81. The van der Waals surface area contributed by atoms with E-state index in [-0.39, 0.29) is 5.54 Å². The molecule has 0 saturated carbocycles. The Hall–Kier alpha value is -1.26. The number of hydrogen-bond donors (Lipinski definition) is 1. The summed E-state index contributed by atoms with van der Waals surface area (Å²) in [6, 6.07) is 8.69. The molecule has 1 saturated heterocycles. The second-order valence-electron chi connectivity index (χ2n) is 5.63. The molecular formula is C15H25N3O. The molecule has 0 radical (unpaired) electrons. The molecule has 2 unspecified atom stereocenters. The number of ether oxygens (including phenoxy) is 1. The molecule has 0 amide bonds. The van der Waals surface area contributed by atoms with E-state index in [4.69, 9.17) is 10.5 Å². The molecule has 2 N–H and O–H groups in total. The summed E-state index contributed by atoms with van der Waals surface area (Å²) in [6.07, 6.45) is 1.08. The Balaban J connectivity index is 2.34. The number of nitrogens with two attached hydrogens (primary N) is 1. The number of hydrogen-bond acceptors (Lipinski definition) is 4. The molecule has 4 nitrogen and oxygen atoms in total. The van der Waals surface area contributed by atoms with E-state index in [9.17, 15) is 0 Å². The van der Waals surface area contributed by atoms with Crippen LogP contribution in [-0.2, 0) is 0 Å². The average Bonchev–Trinajstić information content (AvgIpc) is 2.74. The number of nitrogens with zero attached hydrogens (tertiary/aromatic N) is 2. The molecule has 0 bridgehead atoms. The molecule has 19 heavy (non-hydrogen) atoms. The Kier molecular flexibility index (Phi) is 4.02. The van der Waals surface area contributed by atoms with Crippen LogP contribution in [-0.4, -0.2) is 50.8 Å². The van der Waals surface area contributed by atoms with Crippen molar-refractivity contribution >= 4 is 5.69 Å². The lowest BCUT2D eigenvalue weighted by molar-refractivity contribution is 0.317. The third kappa shape index (κ3) is 2.42. The predicted octanol–water partition coefficient (Wildman–Crippen LogP) is 1.55. The highest BCUT2D eigenvalue weighted by molar-refractivity contribution is 5.60. The highest BCUT2D eigenvalue weighted by atomic mass is 16.5. The number of methoxy groups -OCH3 is 1. The molecule has 0 aliphatic carbocycles. The summed E-state index contributed by atoms with van der Waals surface area (Å²) in [5, 5.41) is 0. The third-order valence-corrected chi connectivity index (χ3v) is 4.51. The molecule has 4 heteroatoms. The van der Waals surface area contributed by atoms with Crippen LogP contribution in [0.25, 0.3) is 0 Å². The Morgan fingerprint density at radius 3 is 2.68 bits per heavy atom. The summed E-state index contributed by atoms with van der Waals surface area (Å²) in [5.74, 6) is 0.903. The van der Waals surface area contributed by atoms with Gasteiger partial charge in [-0.25, -0.2) is 0 Å². The van der Waals surface area contributed by atoms with Crippen LogP contribution in [0.4, 0.5) is 5.69 Å². The van der Waals surface area contributed by atoms with Crippen LogP contribution < -0.4 is 15.4 Å². The van der Waals surface area contributed by atoms with Gasteiger partial charge in [0.15, 0.2) is 0 Å². The number of anilines is 1. The molecule has 1 aliphatic heterocycles. The maximum Gasteiger partial charge on any atom is 0.142 e. The monoisotopic (exact) mass is 263 g/mol. The number of para-hydroxylation sites is 2. The summed E-state index contributed by atoms with van der Waals surface area (Å²) < 4.78 is 5.47. The number of benzene rings is 1. The first-order chi connectivity index (χ1) is 9.04. The van der Waals surface area contributed by atoms with Gasteiger partial charge >= 0.3 is 0 Å². The molecule has 2 atom stereocenters. The van der Waals surface area contributed by atoms with E-state index in [0.29, 0.717) is 12.6 Å². The minimum absolute atomic E-state index is 0.0111. The van der Waals surface area contributed by atoms with Gasteiger partial charge in [0.2, 0.25) is 0 Å². The van der Waals surface area contributed by atoms with Gasteiger partial charge in [0.05, 0.1) is 18.3 Å². The third-order valence-electron chi connectivity index (χ3n) is 4.51. The Morgan fingerprint density at radius 2 is 2.16 bits per heavy atom. The zero-order chi connectivity index (χ0) is 14.0. The molecule has 1 aromatic rings. The molecule has 1 fully saturated rings. The van der Waals surface area contributed by atoms with Crippen LogP contribution in [0.5, 0.6) is 5.75 Å². The van der Waals surface area contributed by atoms with Crippen LogP contribution in [0.15, 0.2) is 24.3 Å². The topological polar surface area (TPSA) is 41.7 Å². The van der Waals surface area contributed by atoms with Crippen molar-refractivity contribution in [2.24, 2.45) is 5.73 Å². The lowest BCUT2D eigenvalue weighted by Crippen LogP contribution is -2.54. The molecule has 1 heterocycles. The van der Waals surface area contributed by atoms with Crippen molar-refractivity contribution < 1.29 is 4.74 Å². The molecule has 0 aromatic heterocycles. The van der Waals surface area contributed by atoms with Gasteiger partial charge in [0.1, 0.15) is 5.75 Å². The first kappa shape index (κ1) is 14.2. The molecule has 0 spiro atoms. The zero-order valence-electron chi connectivity index (χ0n) is 12.4. The highest BCUT2D eigenvalue weighted by Crippen LogP contribution is 2.37. The second-order valence-corrected chi connectivity index (χ2v) is 5.63. The molecule has 1 aliphatic rings. The van der Waals surface area contributed by atoms with Gasteiger partial charge in [-0.05, 0) is 32.5 Å². The van der Waals surface area contributed by atoms with Gasteiger partial charge < -0.3 is 20.3 Å². The van der Waals surface area contributed by atoms with Gasteiger partial charge in [-0.1, -0.05) is 12.1 Å². The van der Waals surface area contributed by atoms with E-state index >= 15 is 0 Å². The van der Waals surface area contributed by atoms with E-state index in [2.05, 4.69) is 36.9 Å². The average molecular weight is 263 g/mol. The largest absolute Gasteiger partial charge is 0.495 e. The fourth-order valence-electron chi connectivity index (χ4n) is 3.08. The molecular weight excluding hydrogens is 238 g/mol. The van der Waals surface area contributed by atoms with E-state index in [1.807, 2.05) is 18.2 Å². The summed E-state index contributed by atoms with van der Waals surface area (Å²) in [4.78, 5) is 4.67. The fraction of sp³-hybridized carbons (Fsp3) is 0.600. The lowest BCUT2D eigenvalue weighted by atomic mass is 9.93. The summed E-state index contributed by atoms with van der Waals surface area (Å²) >= 11 is 0. The van der Waals surface area contributed by atoms with Crippen LogP contribution in [0.1, 0.15) is 13.3 Å². The van der Waals surface area contributed by atoms with Crippen molar-refractivity contribution in [2.75, 3.05) is 39.2 Å². The van der Waals surface area contributed by atoms with Crippen molar-refractivity contribution in [3.8, 4) is 5.75 Å². The number of likely N-dealkylation sites (N-methyl/N-ethyl adjacent to an activating group) is 2. The van der Waals surface area contributed by atoms with Crippen molar-refractivity contribution in [2.45, 2.75) is 24.9 Å². The van der Waals surface area contributed by atoms with E-state index < -0.39 is 0 Å². The Morgan fingerprint density at radius 1 is 1.47 bits per heavy atom. The number of rotatable bonds is 4. The van der Waals surface area contributed by atoms with Crippen molar-refractivity contribution in [3.63, 3.8) is 0 Å². The highest BCUT2D eigenvalue weighted by Gasteiger charge is 2.43. The smallest absolute Gasteiger partial charge is 0.142 e. The summed E-state index contributed by atoms with van der Waals surface area (Å²) in [5.41, 5.74) is 7.21. The molecule has 1 aromatic carbocycles. The predicted molar refractivity (Wildman–Crippen MR) is 79.9 cm³/mol. The van der Waals surface area contributed by atoms with Gasteiger partial charge in [0.25, 0.3) is 0 Å². The quantitative estimate of drug-likeness (QED) is 0.895. The van der Waals surface area contributed by atoms with Crippen molar-refractivity contribution in [3.05, 3.63) is 24.3 Å². The van der Waals surface area contributed by atoms with Crippen LogP contribution in [0.2, 0.25) is 0 Å². The number of likely N-dealkylation sites (tertiary alicyclic amines) is 1. The minimum Gasteiger partial charge on any atom is -0.495 e. The van der Waals surface area contributed by atoms with E-state index in [0.717, 1.165) is 24.4 Å². The summed E-state index contributed by atoms with van der Waals surface area (Å²) in [7, 11) is 6.00. The SMILES string of the molecule is COc1ccccc1N(C)C1(CN)CC(C)N(C)C1. The maximum atomic E-state index is 6.11. The second kappa shape index (κ2) is 5.39. The Labute approximate surface area is 116 Å². The fourth-order valence-corrected chi connectivity index (χ4v) is 3.08. The van der Waals surface area contributed by atoms with Crippen LogP contribution in [0, 0.1) is 0 Å². The first-order valence-corrected chi connectivity index (χ1v) is 6.81. The minimum atomic E-state index is -0.0111. The zero-order valence-corrected chi connectivity index (χ0v) is 12.4. The maximum absolute atomic E-state index is 6.11. The van der Waals surface area contributed by atoms with Gasteiger partial charge in [-0.15, -0.1) is 0 Å². The van der Waals surface area contributed by atoms with Crippen LogP contribution in [0.3, 0.4) is 0 Å². The van der Waals surface area contributed by atoms with Gasteiger partial charge in [-0.3, -0.25) is 0 Å². The van der Waals surface area contributed by atoms with Crippen LogP contribution >= 0.6 is 0 Å². The summed E-state index contributed by atoms with van der Waals surface area (Å²) in [6.45, 7) is 3.89. The van der Waals surface area contributed by atoms with Gasteiger partial charge in [0, 0.05) is 26.2 Å². The Bertz CT molecular complexity index is 425. The van der Waals surface area contributed by atoms with Crippen molar-refractivity contribution in [1.29, 1.82) is 0 Å². The standard InChI is InChI=1S/C15H25N3O/c1-12-9-15(10-16,11-17(12)2)18(3)13-7-5-6-8-14(13)19-4/h5-8,12H,9-11,16H2,1-4H3. The van der Waals surface area contributed by atoms with E-state index in [1.165, 1.54) is 0 Å².